The number of carbonyl (C=O) groups excluding carboxylic acids is 4. The Balaban J connectivity index is 1.37. The molecule has 0 saturated carbocycles. The molecule has 5 aromatic carbocycles. The second-order valence-corrected chi connectivity index (χ2v) is 13.5. The lowest BCUT2D eigenvalue weighted by atomic mass is 9.65. The van der Waals surface area contributed by atoms with Crippen LogP contribution in [0.4, 0.5) is 10.5 Å². The predicted molar refractivity (Wildman–Crippen MR) is 193 cm³/mol. The van der Waals surface area contributed by atoms with E-state index in [1.807, 2.05) is 103 Å². The molecule has 52 heavy (non-hydrogen) atoms. The summed E-state index contributed by atoms with van der Waals surface area (Å²) in [6.07, 6.45) is -0.839. The van der Waals surface area contributed by atoms with Crippen molar-refractivity contribution in [3.63, 3.8) is 0 Å². The van der Waals surface area contributed by atoms with E-state index in [1.54, 1.807) is 36.4 Å². The van der Waals surface area contributed by atoms with Crippen molar-refractivity contribution in [1.82, 2.24) is 10.2 Å². The number of cyclic esters (lactones) is 1. The van der Waals surface area contributed by atoms with E-state index in [9.17, 15) is 19.5 Å². The highest BCUT2D eigenvalue weighted by Crippen LogP contribution is 2.65. The van der Waals surface area contributed by atoms with Crippen molar-refractivity contribution in [2.75, 3.05) is 4.90 Å². The van der Waals surface area contributed by atoms with Gasteiger partial charge in [-0.3, -0.25) is 19.3 Å². The Labute approximate surface area is 300 Å². The molecule has 7 atom stereocenters. The van der Waals surface area contributed by atoms with E-state index < -0.39 is 65.4 Å². The Morgan fingerprint density at radius 1 is 0.750 bits per heavy atom. The van der Waals surface area contributed by atoms with Crippen LogP contribution in [0.3, 0.4) is 0 Å². The Kier molecular flexibility index (Phi) is 8.11. The molecule has 0 bridgehead atoms. The van der Waals surface area contributed by atoms with Crippen molar-refractivity contribution < 1.29 is 29.0 Å². The summed E-state index contributed by atoms with van der Waals surface area (Å²) in [6.45, 7) is 1.82. The van der Waals surface area contributed by atoms with Gasteiger partial charge < -0.3 is 20.9 Å². The van der Waals surface area contributed by atoms with Crippen molar-refractivity contribution in [2.45, 2.75) is 42.6 Å². The van der Waals surface area contributed by atoms with Crippen LogP contribution in [0.1, 0.15) is 59.0 Å². The molecule has 0 aliphatic carbocycles. The number of carbonyl (C=O) groups is 4. The molecular weight excluding hydrogens is 656 g/mol. The number of morpholine rings is 1. The highest BCUT2D eigenvalue weighted by molar-refractivity contribution is 6.24. The zero-order valence-corrected chi connectivity index (χ0v) is 28.2. The maximum atomic E-state index is 15.6. The fraction of sp³-hybridized carbons (Fsp3) is 0.190. The summed E-state index contributed by atoms with van der Waals surface area (Å²) in [7, 11) is 0. The lowest BCUT2D eigenvalue weighted by molar-refractivity contribution is -0.178. The van der Waals surface area contributed by atoms with E-state index in [4.69, 9.17) is 10.5 Å². The minimum absolute atomic E-state index is 0.00678. The second-order valence-electron chi connectivity index (χ2n) is 13.5. The van der Waals surface area contributed by atoms with Gasteiger partial charge in [-0.2, -0.15) is 0 Å². The lowest BCUT2D eigenvalue weighted by Crippen LogP contribution is -2.55. The molecule has 5 aromatic rings. The summed E-state index contributed by atoms with van der Waals surface area (Å²) in [4.78, 5) is 61.5. The molecule has 260 valence electrons. The summed E-state index contributed by atoms with van der Waals surface area (Å²) in [5, 5.41) is 13.4. The van der Waals surface area contributed by atoms with E-state index in [0.29, 0.717) is 11.1 Å². The van der Waals surface area contributed by atoms with Gasteiger partial charge in [0.1, 0.15) is 23.3 Å². The van der Waals surface area contributed by atoms with Gasteiger partial charge in [-0.25, -0.2) is 9.69 Å². The first-order valence-electron chi connectivity index (χ1n) is 17.2. The van der Waals surface area contributed by atoms with Crippen molar-refractivity contribution in [2.24, 2.45) is 11.7 Å². The van der Waals surface area contributed by atoms with Crippen molar-refractivity contribution >= 4 is 29.5 Å². The average molecular weight is 693 g/mol. The molecule has 10 heteroatoms. The highest BCUT2D eigenvalue weighted by atomic mass is 16.6. The standard InChI is InChI=1S/C42H36N4O6/c1-25(26-13-5-2-6-14-26)44-41(51)45-32-20-12-11-19-31(32)42(40(45)50)33(38(43)48)35-39(49)52-36(28-17-9-4-10-18-28)34(27-15-7-3-8-16-27)46(35)37(42)29-21-23-30(47)24-22-29/h2-25,33-37,47H,1H3,(H2,43,48)(H,44,51)/t25-,33+,34+,35+,36-,37-,42+/m1/s1. The van der Waals surface area contributed by atoms with E-state index in [0.717, 1.165) is 21.6 Å². The number of hydrogen-bond acceptors (Lipinski definition) is 7. The molecule has 3 heterocycles. The van der Waals surface area contributed by atoms with Gasteiger partial charge in [0, 0.05) is 0 Å². The topological polar surface area (TPSA) is 142 Å². The fourth-order valence-corrected chi connectivity index (χ4v) is 8.63. The summed E-state index contributed by atoms with van der Waals surface area (Å²) in [6, 6.07) is 37.2. The molecule has 8 rings (SSSR count). The number of phenols is 1. The van der Waals surface area contributed by atoms with Gasteiger partial charge in [-0.15, -0.1) is 0 Å². The zero-order valence-electron chi connectivity index (χ0n) is 28.2. The maximum absolute atomic E-state index is 15.6. The number of phenolic OH excluding ortho intramolecular Hbond substituents is 1. The van der Waals surface area contributed by atoms with Crippen molar-refractivity contribution in [3.05, 3.63) is 167 Å². The summed E-state index contributed by atoms with van der Waals surface area (Å²) in [5.41, 5.74) is 8.00. The van der Waals surface area contributed by atoms with Crippen molar-refractivity contribution in [1.29, 1.82) is 0 Å². The van der Waals surface area contributed by atoms with Gasteiger partial charge in [0.25, 0.3) is 0 Å². The quantitative estimate of drug-likeness (QED) is 0.185. The monoisotopic (exact) mass is 692 g/mol. The molecule has 4 amide bonds. The first kappa shape index (κ1) is 32.9. The number of amides is 4. The van der Waals surface area contributed by atoms with Gasteiger partial charge in [0.15, 0.2) is 0 Å². The number of nitrogens with one attached hydrogen (secondary N) is 1. The van der Waals surface area contributed by atoms with Crippen LogP contribution in [0, 0.1) is 5.92 Å². The number of rotatable bonds is 6. The molecule has 4 N–H and O–H groups in total. The number of fused-ring (bicyclic) bond motifs is 3. The highest BCUT2D eigenvalue weighted by Gasteiger charge is 2.75. The van der Waals surface area contributed by atoms with Crippen LogP contribution >= 0.6 is 0 Å². The molecule has 3 aliphatic heterocycles. The summed E-state index contributed by atoms with van der Waals surface area (Å²) < 4.78 is 6.31. The number of aromatic hydroxyl groups is 1. The van der Waals surface area contributed by atoms with Crippen LogP contribution in [0.5, 0.6) is 5.75 Å². The maximum Gasteiger partial charge on any atom is 0.329 e. The molecule has 2 fully saturated rings. The molecule has 3 aliphatic rings. The van der Waals surface area contributed by atoms with Crippen LogP contribution in [0.25, 0.3) is 0 Å². The van der Waals surface area contributed by atoms with Crippen molar-refractivity contribution in [3.8, 4) is 5.75 Å². The number of hydrogen-bond donors (Lipinski definition) is 3. The van der Waals surface area contributed by atoms with Crippen LogP contribution in [-0.2, 0) is 24.5 Å². The van der Waals surface area contributed by atoms with Crippen LogP contribution in [-0.4, -0.2) is 39.9 Å². The van der Waals surface area contributed by atoms with Crippen LogP contribution in [0.2, 0.25) is 0 Å². The Morgan fingerprint density at radius 2 is 1.33 bits per heavy atom. The van der Waals surface area contributed by atoms with Gasteiger partial charge in [-0.1, -0.05) is 121 Å². The van der Waals surface area contributed by atoms with Gasteiger partial charge >= 0.3 is 12.0 Å². The van der Waals surface area contributed by atoms with Gasteiger partial charge in [-0.05, 0) is 52.9 Å². The van der Waals surface area contributed by atoms with Crippen LogP contribution in [0.15, 0.2) is 140 Å². The van der Waals surface area contributed by atoms with E-state index in [1.165, 1.54) is 12.1 Å². The summed E-state index contributed by atoms with van der Waals surface area (Å²) >= 11 is 0. The first-order chi connectivity index (χ1) is 25.2. The zero-order chi connectivity index (χ0) is 36.1. The van der Waals surface area contributed by atoms with E-state index >= 15 is 4.79 Å². The SMILES string of the molecule is C[C@@H](NC(=O)N1C(=O)[C@@]2(c3ccccc31)[C@H](C(N)=O)[C@H]1C(=O)O[C@H](c3ccccc3)[C@H](c3ccccc3)N1[C@@H]2c1ccc(O)cc1)c1ccccc1. The second kappa shape index (κ2) is 12.8. The number of benzene rings is 5. The molecule has 2 saturated heterocycles. The lowest BCUT2D eigenvalue weighted by Gasteiger charge is -2.46. The van der Waals surface area contributed by atoms with Crippen LogP contribution < -0.4 is 16.0 Å². The number of para-hydroxylation sites is 1. The third-order valence-electron chi connectivity index (χ3n) is 10.7. The molecule has 0 aromatic heterocycles. The normalized spacial score (nSPS) is 25.6. The average Bonchev–Trinajstić information content (AvgIpc) is 3.63. The number of nitrogens with two attached hydrogens (primary N) is 1. The predicted octanol–water partition coefficient (Wildman–Crippen LogP) is 6.01. The number of esters is 1. The minimum atomic E-state index is -1.87. The fourth-order valence-electron chi connectivity index (χ4n) is 8.63. The molecule has 1 spiro atoms. The Morgan fingerprint density at radius 3 is 1.96 bits per heavy atom. The third-order valence-corrected chi connectivity index (χ3v) is 10.7. The van der Waals surface area contributed by atoms with E-state index in [-0.39, 0.29) is 11.4 Å². The molecule has 0 unspecified atom stereocenters. The third kappa shape index (κ3) is 4.97. The first-order valence-corrected chi connectivity index (χ1v) is 17.2. The summed E-state index contributed by atoms with van der Waals surface area (Å²) in [5.74, 6) is -3.76. The van der Waals surface area contributed by atoms with Gasteiger partial charge in [0.2, 0.25) is 11.8 Å². The Hall–Kier alpha value is -6.26. The smallest absolute Gasteiger partial charge is 0.329 e. The number of nitrogens with zero attached hydrogens (tertiary/aromatic N) is 2. The van der Waals surface area contributed by atoms with E-state index in [2.05, 4.69) is 5.32 Å². The number of imide groups is 1. The number of urea groups is 1. The molecular formula is C42H36N4O6. The number of ether oxygens (including phenoxy) is 1. The number of anilines is 1. The largest absolute Gasteiger partial charge is 0.508 e. The minimum Gasteiger partial charge on any atom is -0.508 e. The Bertz CT molecular complexity index is 2160. The molecule has 0 radical (unpaired) electrons. The van der Waals surface area contributed by atoms with Gasteiger partial charge in [0.05, 0.1) is 29.7 Å². The molecule has 10 nitrogen and oxygen atoms in total. The number of primary amides is 1.